The third-order valence-electron chi connectivity index (χ3n) is 1.71. The van der Waals surface area contributed by atoms with Crippen LogP contribution in [0.15, 0.2) is 18.2 Å². The molecule has 0 aromatic heterocycles. The van der Waals surface area contributed by atoms with Crippen molar-refractivity contribution >= 4 is 0 Å². The number of alkyl halides is 2. The lowest BCUT2D eigenvalue weighted by Crippen LogP contribution is -2.01. The fourth-order valence-corrected chi connectivity index (χ4v) is 1.08. The molecule has 66 valence electrons. The van der Waals surface area contributed by atoms with Gasteiger partial charge >= 0.3 is 0 Å². The average Bonchev–Trinajstić information content (AvgIpc) is 1.97. The Labute approximate surface area is 69.0 Å². The van der Waals surface area contributed by atoms with Crippen molar-refractivity contribution in [3.05, 3.63) is 35.1 Å². The number of benzene rings is 1. The van der Waals surface area contributed by atoms with E-state index in [1.165, 1.54) is 12.1 Å². The summed E-state index contributed by atoms with van der Waals surface area (Å²) in [5.41, 5.74) is 0.697. The number of hydrogen-bond donors (Lipinski definition) is 0. The first-order valence-corrected chi connectivity index (χ1v) is 3.63. The molecule has 0 saturated heterocycles. The maximum Gasteiger partial charge on any atom is 0.242 e. The molecule has 3 heteroatoms. The lowest BCUT2D eigenvalue weighted by Gasteiger charge is -2.05. The highest BCUT2D eigenvalue weighted by molar-refractivity contribution is 5.27. The van der Waals surface area contributed by atoms with Gasteiger partial charge in [-0.3, -0.25) is 0 Å². The summed E-state index contributed by atoms with van der Waals surface area (Å²) in [6.07, 6.45) is -2.99. The van der Waals surface area contributed by atoms with Gasteiger partial charge in [0.05, 0.1) is 0 Å². The van der Waals surface area contributed by atoms with Crippen molar-refractivity contribution in [3.63, 3.8) is 0 Å². The van der Waals surface area contributed by atoms with Crippen LogP contribution in [0.5, 0.6) is 0 Å². The van der Waals surface area contributed by atoms with Crippen LogP contribution in [-0.2, 0) is 6.42 Å². The molecule has 0 aliphatic rings. The molecule has 0 unspecified atom stereocenters. The first-order chi connectivity index (χ1) is 5.61. The zero-order valence-electron chi connectivity index (χ0n) is 6.65. The smallest absolute Gasteiger partial charge is 0.210 e. The summed E-state index contributed by atoms with van der Waals surface area (Å²) in [5, 5.41) is 0. The minimum absolute atomic E-state index is 0.118. The number of halogens is 3. The molecule has 0 N–H and O–H groups in total. The standard InChI is InChI=1S/C9H9F3/c1-6-3-2-4-8(10)7(6)5-9(11)12/h2-4,9H,5H2,1H3. The topological polar surface area (TPSA) is 0 Å². The van der Waals surface area contributed by atoms with Crippen LogP contribution in [0, 0.1) is 12.7 Å². The van der Waals surface area contributed by atoms with Crippen molar-refractivity contribution in [2.75, 3.05) is 0 Å². The Balaban J connectivity index is 2.96. The Bertz CT molecular complexity index is 248. The summed E-state index contributed by atoms with van der Waals surface area (Å²) in [4.78, 5) is 0. The molecule has 0 nitrogen and oxygen atoms in total. The molecule has 0 bridgehead atoms. The van der Waals surface area contributed by atoms with E-state index in [0.29, 0.717) is 5.56 Å². The molecule has 0 spiro atoms. The average molecular weight is 174 g/mol. The molecule has 0 fully saturated rings. The van der Waals surface area contributed by atoms with Gasteiger partial charge in [0.2, 0.25) is 6.43 Å². The van der Waals surface area contributed by atoms with Gasteiger partial charge in [-0.2, -0.15) is 0 Å². The molecule has 0 aliphatic heterocycles. The van der Waals surface area contributed by atoms with Gasteiger partial charge in [0.15, 0.2) is 0 Å². The predicted octanol–water partition coefficient (Wildman–Crippen LogP) is 2.94. The van der Waals surface area contributed by atoms with Crippen LogP contribution in [0.2, 0.25) is 0 Å². The van der Waals surface area contributed by atoms with Gasteiger partial charge in [-0.1, -0.05) is 12.1 Å². The maximum absolute atomic E-state index is 12.9. The minimum Gasteiger partial charge on any atom is -0.210 e. The monoisotopic (exact) mass is 174 g/mol. The quantitative estimate of drug-likeness (QED) is 0.646. The molecule has 1 aromatic carbocycles. The Morgan fingerprint density at radius 1 is 1.33 bits per heavy atom. The fraction of sp³-hybridized carbons (Fsp3) is 0.333. The molecule has 0 aliphatic carbocycles. The third-order valence-corrected chi connectivity index (χ3v) is 1.71. The van der Waals surface area contributed by atoms with Gasteiger partial charge in [-0.25, -0.2) is 13.2 Å². The van der Waals surface area contributed by atoms with E-state index in [2.05, 4.69) is 0 Å². The van der Waals surface area contributed by atoms with Crippen molar-refractivity contribution in [1.29, 1.82) is 0 Å². The fourth-order valence-electron chi connectivity index (χ4n) is 1.08. The molecule has 0 atom stereocenters. The minimum atomic E-state index is -2.49. The molecule has 0 saturated carbocycles. The second-order valence-corrected chi connectivity index (χ2v) is 2.63. The van der Waals surface area contributed by atoms with E-state index >= 15 is 0 Å². The van der Waals surface area contributed by atoms with Crippen LogP contribution in [-0.4, -0.2) is 6.43 Å². The Kier molecular flexibility index (Phi) is 2.74. The Hall–Kier alpha value is -0.990. The van der Waals surface area contributed by atoms with Crippen molar-refractivity contribution in [2.24, 2.45) is 0 Å². The van der Waals surface area contributed by atoms with Gasteiger partial charge in [-0.05, 0) is 24.1 Å². The van der Waals surface area contributed by atoms with Crippen LogP contribution in [0.3, 0.4) is 0 Å². The highest BCUT2D eigenvalue weighted by Gasteiger charge is 2.10. The third kappa shape index (κ3) is 2.00. The van der Waals surface area contributed by atoms with Gasteiger partial charge in [0.1, 0.15) is 5.82 Å². The van der Waals surface area contributed by atoms with Gasteiger partial charge in [-0.15, -0.1) is 0 Å². The van der Waals surface area contributed by atoms with Gasteiger partial charge in [0.25, 0.3) is 0 Å². The summed E-state index contributed by atoms with van der Waals surface area (Å²) >= 11 is 0. The molecule has 0 radical (unpaired) electrons. The molecule has 1 aromatic rings. The largest absolute Gasteiger partial charge is 0.242 e. The van der Waals surface area contributed by atoms with E-state index in [1.54, 1.807) is 13.0 Å². The van der Waals surface area contributed by atoms with E-state index in [-0.39, 0.29) is 5.56 Å². The number of hydrogen-bond acceptors (Lipinski definition) is 0. The molecular weight excluding hydrogens is 165 g/mol. The van der Waals surface area contributed by atoms with Crippen LogP contribution in [0.1, 0.15) is 11.1 Å². The van der Waals surface area contributed by atoms with Gasteiger partial charge in [0, 0.05) is 6.42 Å². The summed E-state index contributed by atoms with van der Waals surface area (Å²) in [7, 11) is 0. The van der Waals surface area contributed by atoms with E-state index in [4.69, 9.17) is 0 Å². The summed E-state index contributed by atoms with van der Waals surface area (Å²) in [6, 6.07) is 4.34. The van der Waals surface area contributed by atoms with Gasteiger partial charge < -0.3 is 0 Å². The van der Waals surface area contributed by atoms with E-state index in [1.807, 2.05) is 0 Å². The molecular formula is C9H9F3. The highest BCUT2D eigenvalue weighted by atomic mass is 19.3. The second kappa shape index (κ2) is 3.61. The zero-order valence-corrected chi connectivity index (χ0v) is 6.65. The first-order valence-electron chi connectivity index (χ1n) is 3.63. The first kappa shape index (κ1) is 9.10. The lowest BCUT2D eigenvalue weighted by atomic mass is 10.1. The molecule has 0 heterocycles. The predicted molar refractivity (Wildman–Crippen MR) is 40.8 cm³/mol. The molecule has 0 amide bonds. The molecule has 1 rings (SSSR count). The second-order valence-electron chi connectivity index (χ2n) is 2.63. The van der Waals surface area contributed by atoms with Crippen molar-refractivity contribution < 1.29 is 13.2 Å². The van der Waals surface area contributed by atoms with Crippen molar-refractivity contribution in [2.45, 2.75) is 19.8 Å². The number of rotatable bonds is 2. The lowest BCUT2D eigenvalue weighted by molar-refractivity contribution is 0.147. The zero-order chi connectivity index (χ0) is 9.14. The van der Waals surface area contributed by atoms with E-state index in [9.17, 15) is 13.2 Å². The normalized spacial score (nSPS) is 10.8. The summed E-state index contributed by atoms with van der Waals surface area (Å²) in [6.45, 7) is 1.63. The van der Waals surface area contributed by atoms with Crippen molar-refractivity contribution in [1.82, 2.24) is 0 Å². The number of aryl methyl sites for hydroxylation is 1. The highest BCUT2D eigenvalue weighted by Crippen LogP contribution is 2.16. The van der Waals surface area contributed by atoms with E-state index in [0.717, 1.165) is 0 Å². The van der Waals surface area contributed by atoms with E-state index < -0.39 is 18.7 Å². The van der Waals surface area contributed by atoms with Crippen molar-refractivity contribution in [3.8, 4) is 0 Å². The van der Waals surface area contributed by atoms with Crippen LogP contribution < -0.4 is 0 Å². The summed E-state index contributed by atoms with van der Waals surface area (Å²) in [5.74, 6) is -0.546. The molecule has 12 heavy (non-hydrogen) atoms. The summed E-state index contributed by atoms with van der Waals surface area (Å²) < 4.78 is 36.7. The Morgan fingerprint density at radius 2 is 2.00 bits per heavy atom. The Morgan fingerprint density at radius 3 is 2.50 bits per heavy atom. The van der Waals surface area contributed by atoms with Crippen LogP contribution >= 0.6 is 0 Å². The SMILES string of the molecule is Cc1cccc(F)c1CC(F)F. The van der Waals surface area contributed by atoms with Crippen LogP contribution in [0.25, 0.3) is 0 Å². The van der Waals surface area contributed by atoms with Crippen LogP contribution in [0.4, 0.5) is 13.2 Å². The maximum atomic E-state index is 12.9.